The summed E-state index contributed by atoms with van der Waals surface area (Å²) in [6.07, 6.45) is 1.25. The number of carboxylic acids is 1. The molecule has 24 heavy (non-hydrogen) atoms. The van der Waals surface area contributed by atoms with Crippen LogP contribution in [0.15, 0.2) is 0 Å². The van der Waals surface area contributed by atoms with E-state index in [2.05, 4.69) is 10.7 Å². The number of amides is 1. The molecular formula is C11H22N8O5. The lowest BCUT2D eigenvalue weighted by molar-refractivity contribution is -0.716. The monoisotopic (exact) mass is 346 g/mol. The van der Waals surface area contributed by atoms with Crippen molar-refractivity contribution in [2.45, 2.75) is 37.8 Å². The van der Waals surface area contributed by atoms with Gasteiger partial charge in [0.15, 0.2) is 11.0 Å². The summed E-state index contributed by atoms with van der Waals surface area (Å²) < 4.78 is 0. The number of nitrogens with zero attached hydrogens (tertiary/aromatic N) is 3. The van der Waals surface area contributed by atoms with Crippen molar-refractivity contribution in [1.29, 1.82) is 5.41 Å². The molecule has 0 aromatic heterocycles. The van der Waals surface area contributed by atoms with Gasteiger partial charge in [-0.2, -0.15) is 0 Å². The topological polar surface area (TPSA) is 204 Å². The molecule has 2 atom stereocenters. The third-order valence-electron chi connectivity index (χ3n) is 3.51. The van der Waals surface area contributed by atoms with Crippen LogP contribution in [-0.4, -0.2) is 63.4 Å². The maximum absolute atomic E-state index is 11.4. The molecule has 13 heteroatoms. The number of aliphatic carboxylic acids is 1. The number of nitrogens with two attached hydrogens (primary N) is 2. The summed E-state index contributed by atoms with van der Waals surface area (Å²) in [5.74, 6) is -2.23. The van der Waals surface area contributed by atoms with E-state index in [4.69, 9.17) is 16.9 Å². The van der Waals surface area contributed by atoms with Crippen LogP contribution in [0.4, 0.5) is 0 Å². The number of carbonyl (C=O) groups excluding carboxylic acids is 1. The van der Waals surface area contributed by atoms with Crippen LogP contribution >= 0.6 is 0 Å². The number of rotatable bonds is 10. The molecule has 0 bridgehead atoms. The molecule has 1 rings (SSSR count). The molecule has 1 aliphatic heterocycles. The molecule has 13 nitrogen and oxygen atoms in total. The van der Waals surface area contributed by atoms with Crippen LogP contribution in [0, 0.1) is 15.5 Å². The Bertz CT molecular complexity index is 501. The van der Waals surface area contributed by atoms with Crippen molar-refractivity contribution in [1.82, 2.24) is 21.0 Å². The Labute approximate surface area is 137 Å². The highest BCUT2D eigenvalue weighted by molar-refractivity contribution is 5.80. The fraction of sp³-hybridized carbons (Fsp3) is 0.727. The van der Waals surface area contributed by atoms with Crippen molar-refractivity contribution in [2.75, 3.05) is 13.1 Å². The van der Waals surface area contributed by atoms with Crippen LogP contribution in [0.25, 0.3) is 0 Å². The number of guanidine groups is 1. The Hall–Kier alpha value is -2.67. The van der Waals surface area contributed by atoms with Crippen molar-refractivity contribution in [3.8, 4) is 0 Å². The molecule has 1 heterocycles. The van der Waals surface area contributed by atoms with Gasteiger partial charge in [-0.1, -0.05) is 0 Å². The molecule has 0 aromatic rings. The summed E-state index contributed by atoms with van der Waals surface area (Å²) in [4.78, 5) is 33.9. The highest BCUT2D eigenvalue weighted by atomic mass is 16.7. The molecule has 1 unspecified atom stereocenters. The Morgan fingerprint density at radius 3 is 2.67 bits per heavy atom. The summed E-state index contributed by atoms with van der Waals surface area (Å²) in [6.45, 7) is 0.465. The quantitative estimate of drug-likeness (QED) is 0.0810. The van der Waals surface area contributed by atoms with Crippen molar-refractivity contribution < 1.29 is 19.7 Å². The number of nitrogens with one attached hydrogen (secondary N) is 3. The molecule has 0 aliphatic carbocycles. The number of carboxylic acid groups (broad SMARTS) is 1. The highest BCUT2D eigenvalue weighted by Crippen LogP contribution is 2.18. The average molecular weight is 346 g/mol. The molecule has 1 amide bonds. The average Bonchev–Trinajstić information content (AvgIpc) is 2.94. The van der Waals surface area contributed by atoms with Gasteiger partial charge in [-0.3, -0.25) is 15.0 Å². The normalized spacial score (nSPS) is 18.8. The zero-order valence-corrected chi connectivity index (χ0v) is 13.0. The molecule has 1 fully saturated rings. The summed E-state index contributed by atoms with van der Waals surface area (Å²) in [6, 6.07) is -2.12. The molecular weight excluding hydrogens is 324 g/mol. The van der Waals surface area contributed by atoms with Gasteiger partial charge in [-0.25, -0.2) is 10.1 Å². The van der Waals surface area contributed by atoms with Crippen molar-refractivity contribution in [2.24, 2.45) is 11.5 Å². The minimum atomic E-state index is -1.28. The number of hydrogen-bond acceptors (Lipinski definition) is 7. The summed E-state index contributed by atoms with van der Waals surface area (Å²) >= 11 is 0. The molecule has 0 aromatic carbocycles. The summed E-state index contributed by atoms with van der Waals surface area (Å²) in [7, 11) is 0. The van der Waals surface area contributed by atoms with Crippen LogP contribution in [-0.2, 0) is 9.59 Å². The third kappa shape index (κ3) is 5.51. The van der Waals surface area contributed by atoms with Crippen LogP contribution in [0.3, 0.4) is 0 Å². The van der Waals surface area contributed by atoms with Gasteiger partial charge in [0.2, 0.25) is 5.91 Å². The minimum Gasteiger partial charge on any atom is -0.480 e. The Balaban J connectivity index is 2.72. The fourth-order valence-corrected chi connectivity index (χ4v) is 2.39. The van der Waals surface area contributed by atoms with E-state index in [1.807, 2.05) is 0 Å². The van der Waals surface area contributed by atoms with Gasteiger partial charge in [0, 0.05) is 18.3 Å². The van der Waals surface area contributed by atoms with Gasteiger partial charge in [-0.15, -0.1) is 10.4 Å². The fourth-order valence-electron chi connectivity index (χ4n) is 2.39. The largest absolute Gasteiger partial charge is 0.480 e. The van der Waals surface area contributed by atoms with Gasteiger partial charge >= 0.3 is 5.97 Å². The van der Waals surface area contributed by atoms with E-state index in [1.54, 1.807) is 0 Å². The third-order valence-corrected chi connectivity index (χ3v) is 3.51. The standard InChI is InChI=1S/C11H22N8O5/c12-9(20)8-4-2-6-17(8)18(19(23)24)16-7(10(21)22)3-1-5-15-11(13)14/h7-8,16H,1-6H2,(H2,12,20)(H,21,22)(H4,13,14,15)/t7?,8-/m0/s1. The van der Waals surface area contributed by atoms with E-state index in [0.29, 0.717) is 24.5 Å². The van der Waals surface area contributed by atoms with E-state index in [0.717, 1.165) is 5.01 Å². The van der Waals surface area contributed by atoms with Crippen LogP contribution in [0.5, 0.6) is 0 Å². The summed E-state index contributed by atoms with van der Waals surface area (Å²) in [5.41, 5.74) is 12.6. The first-order chi connectivity index (χ1) is 11.2. The molecule has 136 valence electrons. The van der Waals surface area contributed by atoms with E-state index in [-0.39, 0.29) is 25.5 Å². The van der Waals surface area contributed by atoms with Crippen LogP contribution in [0.2, 0.25) is 0 Å². The van der Waals surface area contributed by atoms with E-state index >= 15 is 0 Å². The lowest BCUT2D eigenvalue weighted by Crippen LogP contribution is -2.61. The van der Waals surface area contributed by atoms with E-state index < -0.39 is 29.0 Å². The molecule has 0 saturated carbocycles. The van der Waals surface area contributed by atoms with Gasteiger partial charge in [0.05, 0.1) is 0 Å². The van der Waals surface area contributed by atoms with Crippen molar-refractivity contribution >= 4 is 17.8 Å². The number of hydrogen-bond donors (Lipinski definition) is 6. The number of nitro groups is 1. The van der Waals surface area contributed by atoms with E-state index in [9.17, 15) is 24.8 Å². The molecule has 8 N–H and O–H groups in total. The predicted octanol–water partition coefficient (Wildman–Crippen LogP) is -2.43. The maximum atomic E-state index is 11.4. The second-order valence-electron chi connectivity index (χ2n) is 5.25. The second-order valence-corrected chi connectivity index (χ2v) is 5.25. The first-order valence-electron chi connectivity index (χ1n) is 7.31. The van der Waals surface area contributed by atoms with Gasteiger partial charge in [0.25, 0.3) is 0 Å². The first-order valence-corrected chi connectivity index (χ1v) is 7.31. The zero-order chi connectivity index (χ0) is 18.3. The van der Waals surface area contributed by atoms with Crippen molar-refractivity contribution in [3.63, 3.8) is 0 Å². The van der Waals surface area contributed by atoms with Crippen LogP contribution < -0.4 is 22.2 Å². The molecule has 0 spiro atoms. The van der Waals surface area contributed by atoms with Crippen molar-refractivity contribution in [3.05, 3.63) is 10.1 Å². The van der Waals surface area contributed by atoms with Crippen LogP contribution in [0.1, 0.15) is 25.7 Å². The minimum absolute atomic E-state index is 0.0506. The number of hydrazine groups is 3. The first kappa shape index (κ1) is 19.4. The van der Waals surface area contributed by atoms with Gasteiger partial charge in [0.1, 0.15) is 12.1 Å². The molecule has 0 radical (unpaired) electrons. The highest BCUT2D eigenvalue weighted by Gasteiger charge is 2.40. The lowest BCUT2D eigenvalue weighted by Gasteiger charge is -2.29. The zero-order valence-electron chi connectivity index (χ0n) is 13.0. The maximum Gasteiger partial charge on any atom is 0.322 e. The summed E-state index contributed by atoms with van der Waals surface area (Å²) in [5, 5.41) is 30.7. The predicted molar refractivity (Wildman–Crippen MR) is 81.5 cm³/mol. The van der Waals surface area contributed by atoms with Gasteiger partial charge in [-0.05, 0) is 25.7 Å². The Morgan fingerprint density at radius 2 is 2.17 bits per heavy atom. The lowest BCUT2D eigenvalue weighted by atomic mass is 10.1. The Morgan fingerprint density at radius 1 is 1.50 bits per heavy atom. The Kier molecular flexibility index (Phi) is 7.13. The number of primary amides is 1. The smallest absolute Gasteiger partial charge is 0.322 e. The second kappa shape index (κ2) is 8.83. The molecule has 1 saturated heterocycles. The SMILES string of the molecule is N=C(N)NCCCC(NN(N1CCC[C@H]1C(N)=O)[N+](=O)[O-])C(=O)O. The number of carbonyl (C=O) groups is 2. The van der Waals surface area contributed by atoms with E-state index in [1.165, 1.54) is 0 Å². The molecule has 1 aliphatic rings. The van der Waals surface area contributed by atoms with Gasteiger partial charge < -0.3 is 21.9 Å².